The van der Waals surface area contributed by atoms with E-state index in [-0.39, 0.29) is 0 Å². The maximum Gasteiger partial charge on any atom is 0.246 e. The highest BCUT2D eigenvalue weighted by Crippen LogP contribution is 2.41. The second-order valence-corrected chi connectivity index (χ2v) is 6.18. The quantitative estimate of drug-likeness (QED) is 0.887. The molecule has 1 unspecified atom stereocenters. The minimum Gasteiger partial charge on any atom is -0.449 e. The molecule has 0 aromatic heterocycles. The summed E-state index contributed by atoms with van der Waals surface area (Å²) in [7, 11) is 0. The van der Waals surface area contributed by atoms with Gasteiger partial charge in [0.05, 0.1) is 0 Å². The average molecular weight is 261 g/mol. The van der Waals surface area contributed by atoms with Crippen molar-refractivity contribution in [1.29, 1.82) is 0 Å². The lowest BCUT2D eigenvalue weighted by atomic mass is 9.95. The van der Waals surface area contributed by atoms with Crippen molar-refractivity contribution in [2.75, 3.05) is 6.54 Å². The minimum atomic E-state index is -0.531. The summed E-state index contributed by atoms with van der Waals surface area (Å²) in [4.78, 5) is 0. The van der Waals surface area contributed by atoms with Gasteiger partial charge in [0.2, 0.25) is 5.79 Å². The van der Waals surface area contributed by atoms with Crippen molar-refractivity contribution >= 4 is 0 Å². The summed E-state index contributed by atoms with van der Waals surface area (Å²) in [5.74, 6) is 1.24. The van der Waals surface area contributed by atoms with Gasteiger partial charge >= 0.3 is 0 Å². The Bertz CT molecular complexity index is 476. The molecule has 1 fully saturated rings. The van der Waals surface area contributed by atoms with Gasteiger partial charge in [0.25, 0.3) is 0 Å². The van der Waals surface area contributed by atoms with E-state index < -0.39 is 5.79 Å². The van der Waals surface area contributed by atoms with Gasteiger partial charge in [-0.25, -0.2) is 0 Å². The molecule has 19 heavy (non-hydrogen) atoms. The molecule has 0 aliphatic carbocycles. The van der Waals surface area contributed by atoms with Crippen LogP contribution in [-0.4, -0.2) is 18.4 Å². The zero-order valence-corrected chi connectivity index (χ0v) is 12.1. The fourth-order valence-corrected chi connectivity index (χ4v) is 3.00. The SMILES string of the molecule is Cc1cc2c(cc1CC1CCCCN1)OC(C)(C)O2. The number of aryl methyl sites for hydroxylation is 1. The average Bonchev–Trinajstić information content (AvgIpc) is 2.64. The van der Waals surface area contributed by atoms with E-state index in [9.17, 15) is 0 Å². The maximum atomic E-state index is 5.84. The summed E-state index contributed by atoms with van der Waals surface area (Å²) in [5.41, 5.74) is 2.67. The molecule has 1 saturated heterocycles. The normalized spacial score (nSPS) is 24.5. The Hall–Kier alpha value is -1.22. The van der Waals surface area contributed by atoms with Crippen LogP contribution in [0.5, 0.6) is 11.5 Å². The highest BCUT2D eigenvalue weighted by molar-refractivity contribution is 5.49. The summed E-state index contributed by atoms with van der Waals surface area (Å²) in [6.07, 6.45) is 5.02. The van der Waals surface area contributed by atoms with Crippen molar-refractivity contribution < 1.29 is 9.47 Å². The number of benzene rings is 1. The lowest BCUT2D eigenvalue weighted by Gasteiger charge is -2.24. The molecule has 2 aliphatic heterocycles. The van der Waals surface area contributed by atoms with Crippen LogP contribution in [0.25, 0.3) is 0 Å². The summed E-state index contributed by atoms with van der Waals surface area (Å²) in [6, 6.07) is 4.89. The van der Waals surface area contributed by atoms with Crippen LogP contribution in [0.4, 0.5) is 0 Å². The van der Waals surface area contributed by atoms with Crippen LogP contribution in [0.3, 0.4) is 0 Å². The molecule has 0 bridgehead atoms. The van der Waals surface area contributed by atoms with Crippen molar-refractivity contribution in [1.82, 2.24) is 5.32 Å². The number of piperidine rings is 1. The van der Waals surface area contributed by atoms with Gasteiger partial charge in [-0.15, -0.1) is 0 Å². The monoisotopic (exact) mass is 261 g/mol. The second-order valence-electron chi connectivity index (χ2n) is 6.18. The van der Waals surface area contributed by atoms with Crippen molar-refractivity contribution in [3.05, 3.63) is 23.3 Å². The van der Waals surface area contributed by atoms with E-state index in [1.807, 2.05) is 13.8 Å². The largest absolute Gasteiger partial charge is 0.449 e. The third-order valence-electron chi connectivity index (χ3n) is 3.99. The standard InChI is InChI=1S/C16H23NO2/c1-11-8-14-15(19-16(2,3)18-14)10-12(11)9-13-6-4-5-7-17-13/h8,10,13,17H,4-7,9H2,1-3H3. The Labute approximate surface area is 115 Å². The first-order valence-electron chi connectivity index (χ1n) is 7.28. The summed E-state index contributed by atoms with van der Waals surface area (Å²) < 4.78 is 11.6. The Morgan fingerprint density at radius 3 is 2.63 bits per heavy atom. The van der Waals surface area contributed by atoms with Crippen LogP contribution in [0.2, 0.25) is 0 Å². The van der Waals surface area contributed by atoms with Crippen molar-refractivity contribution in [2.24, 2.45) is 0 Å². The number of rotatable bonds is 2. The molecular formula is C16H23NO2. The molecule has 3 rings (SSSR count). The fourth-order valence-electron chi connectivity index (χ4n) is 3.00. The molecule has 1 aromatic carbocycles. The summed E-state index contributed by atoms with van der Waals surface area (Å²) in [6.45, 7) is 7.21. The fraction of sp³-hybridized carbons (Fsp3) is 0.625. The molecule has 1 N–H and O–H groups in total. The van der Waals surface area contributed by atoms with Crippen LogP contribution < -0.4 is 14.8 Å². The smallest absolute Gasteiger partial charge is 0.246 e. The number of hydrogen-bond acceptors (Lipinski definition) is 3. The van der Waals surface area contributed by atoms with Gasteiger partial charge in [-0.2, -0.15) is 0 Å². The van der Waals surface area contributed by atoms with E-state index >= 15 is 0 Å². The van der Waals surface area contributed by atoms with E-state index in [0.717, 1.165) is 24.5 Å². The van der Waals surface area contributed by atoms with Crippen LogP contribution in [0.15, 0.2) is 12.1 Å². The Kier molecular flexibility index (Phi) is 3.17. The van der Waals surface area contributed by atoms with E-state index in [1.54, 1.807) is 0 Å². The van der Waals surface area contributed by atoms with Gasteiger partial charge in [0, 0.05) is 19.9 Å². The minimum absolute atomic E-state index is 0.531. The lowest BCUT2D eigenvalue weighted by molar-refractivity contribution is -0.0431. The topological polar surface area (TPSA) is 30.5 Å². The molecule has 0 radical (unpaired) electrons. The van der Waals surface area contributed by atoms with Crippen molar-refractivity contribution in [3.63, 3.8) is 0 Å². The molecule has 3 nitrogen and oxygen atoms in total. The Balaban J connectivity index is 1.79. The van der Waals surface area contributed by atoms with Crippen LogP contribution in [0.1, 0.15) is 44.2 Å². The molecule has 1 aromatic rings. The van der Waals surface area contributed by atoms with E-state index in [4.69, 9.17) is 9.47 Å². The molecule has 2 aliphatic rings. The molecule has 1 atom stereocenters. The van der Waals surface area contributed by atoms with Gasteiger partial charge in [0.1, 0.15) is 0 Å². The van der Waals surface area contributed by atoms with E-state index in [1.165, 1.54) is 30.4 Å². The zero-order chi connectivity index (χ0) is 13.5. The van der Waals surface area contributed by atoms with E-state index in [0.29, 0.717) is 6.04 Å². The van der Waals surface area contributed by atoms with Crippen molar-refractivity contribution in [3.8, 4) is 11.5 Å². The lowest BCUT2D eigenvalue weighted by Crippen LogP contribution is -2.35. The second kappa shape index (κ2) is 4.71. The third-order valence-corrected chi connectivity index (χ3v) is 3.99. The summed E-state index contributed by atoms with van der Waals surface area (Å²) >= 11 is 0. The van der Waals surface area contributed by atoms with Gasteiger partial charge in [0.15, 0.2) is 11.5 Å². The van der Waals surface area contributed by atoms with E-state index in [2.05, 4.69) is 24.4 Å². The van der Waals surface area contributed by atoms with Crippen LogP contribution in [0, 0.1) is 6.92 Å². The predicted octanol–water partition coefficient (Wildman–Crippen LogP) is 3.19. The number of fused-ring (bicyclic) bond motifs is 1. The molecule has 104 valence electrons. The molecule has 0 saturated carbocycles. The first-order chi connectivity index (χ1) is 9.03. The molecule has 0 amide bonds. The first kappa shape index (κ1) is 12.8. The molecule has 0 spiro atoms. The third kappa shape index (κ3) is 2.71. The zero-order valence-electron chi connectivity index (χ0n) is 12.1. The van der Waals surface area contributed by atoms with Gasteiger partial charge < -0.3 is 14.8 Å². The maximum absolute atomic E-state index is 5.84. The van der Waals surface area contributed by atoms with Crippen LogP contribution in [-0.2, 0) is 6.42 Å². The van der Waals surface area contributed by atoms with Crippen LogP contribution >= 0.6 is 0 Å². The molecular weight excluding hydrogens is 238 g/mol. The predicted molar refractivity (Wildman–Crippen MR) is 75.9 cm³/mol. The van der Waals surface area contributed by atoms with Crippen molar-refractivity contribution in [2.45, 2.75) is 58.3 Å². The Morgan fingerprint density at radius 1 is 1.21 bits per heavy atom. The summed E-state index contributed by atoms with van der Waals surface area (Å²) in [5, 5.41) is 3.61. The Morgan fingerprint density at radius 2 is 1.95 bits per heavy atom. The van der Waals surface area contributed by atoms with Gasteiger partial charge in [-0.3, -0.25) is 0 Å². The highest BCUT2D eigenvalue weighted by atomic mass is 16.7. The first-order valence-corrected chi connectivity index (χ1v) is 7.28. The number of hydrogen-bond donors (Lipinski definition) is 1. The highest BCUT2D eigenvalue weighted by Gasteiger charge is 2.32. The van der Waals surface area contributed by atoms with Gasteiger partial charge in [-0.1, -0.05) is 6.42 Å². The molecule has 3 heteroatoms. The molecule has 2 heterocycles. The number of ether oxygens (including phenoxy) is 2. The number of nitrogens with one attached hydrogen (secondary N) is 1. The van der Waals surface area contributed by atoms with Gasteiger partial charge in [-0.05, 0) is 56.0 Å².